The van der Waals surface area contributed by atoms with Gasteiger partial charge >= 0.3 is 0 Å². The van der Waals surface area contributed by atoms with Crippen LogP contribution in [0.5, 0.6) is 11.6 Å². The topological polar surface area (TPSA) is 35.0 Å². The molecule has 0 aliphatic heterocycles. The molecule has 2 heterocycles. The van der Waals surface area contributed by atoms with Gasteiger partial charge in [0.15, 0.2) is 0 Å². The second-order valence-electron chi connectivity index (χ2n) is 5.68. The molecular weight excluding hydrogens is 292 g/mol. The van der Waals surface area contributed by atoms with Crippen molar-refractivity contribution in [1.82, 2.24) is 9.97 Å². The zero-order valence-corrected chi connectivity index (χ0v) is 13.7. The molecule has 22 heavy (non-hydrogen) atoms. The van der Waals surface area contributed by atoms with Gasteiger partial charge in [-0.3, -0.25) is 0 Å². The fraction of sp³-hybridized carbons (Fsp3) is 0.222. The number of aryl methyl sites for hydroxylation is 1. The molecule has 3 aromatic rings. The molecule has 0 saturated heterocycles. The van der Waals surface area contributed by atoms with Gasteiger partial charge in [-0.1, -0.05) is 38.1 Å². The van der Waals surface area contributed by atoms with E-state index in [0.29, 0.717) is 5.88 Å². The second kappa shape index (κ2) is 5.89. The van der Waals surface area contributed by atoms with Crippen LogP contribution in [0.2, 0.25) is 0 Å². The van der Waals surface area contributed by atoms with Gasteiger partial charge in [0.25, 0.3) is 0 Å². The summed E-state index contributed by atoms with van der Waals surface area (Å²) in [4.78, 5) is 9.03. The second-order valence-corrected chi connectivity index (χ2v) is 6.74. The molecule has 0 saturated carbocycles. The molecule has 0 spiro atoms. The molecule has 112 valence electrons. The number of ether oxygens (including phenoxy) is 1. The maximum absolute atomic E-state index is 5.73. The average Bonchev–Trinajstić information content (AvgIpc) is 2.96. The Hall–Kier alpha value is -2.20. The van der Waals surface area contributed by atoms with Crippen LogP contribution in [0.4, 0.5) is 0 Å². The Morgan fingerprint density at radius 1 is 1.05 bits per heavy atom. The molecule has 0 N–H and O–H groups in total. The lowest BCUT2D eigenvalue weighted by Gasteiger charge is -2.22. The van der Waals surface area contributed by atoms with E-state index in [1.165, 1.54) is 0 Å². The summed E-state index contributed by atoms with van der Waals surface area (Å²) in [7, 11) is 0. The zero-order valence-electron chi connectivity index (χ0n) is 12.9. The number of aromatic nitrogens is 2. The highest BCUT2D eigenvalue weighted by atomic mass is 32.1. The summed E-state index contributed by atoms with van der Waals surface area (Å²) in [5, 5.41) is 3.20. The molecule has 0 atom stereocenters. The Balaban J connectivity index is 1.82. The van der Waals surface area contributed by atoms with E-state index in [4.69, 9.17) is 4.74 Å². The predicted molar refractivity (Wildman–Crippen MR) is 89.7 cm³/mol. The van der Waals surface area contributed by atoms with Crippen LogP contribution in [0, 0.1) is 6.92 Å². The molecule has 0 unspecified atom stereocenters. The fourth-order valence-corrected chi connectivity index (χ4v) is 3.00. The molecule has 4 heteroatoms. The Morgan fingerprint density at radius 2 is 1.82 bits per heavy atom. The van der Waals surface area contributed by atoms with Gasteiger partial charge in [-0.25, -0.2) is 9.97 Å². The smallest absolute Gasteiger partial charge is 0.219 e. The molecule has 1 aromatic carbocycles. The maximum atomic E-state index is 5.73. The van der Waals surface area contributed by atoms with E-state index in [2.05, 4.69) is 35.3 Å². The van der Waals surface area contributed by atoms with E-state index in [1.807, 2.05) is 49.5 Å². The van der Waals surface area contributed by atoms with Crippen molar-refractivity contribution < 1.29 is 4.74 Å². The normalized spacial score (nSPS) is 11.4. The number of benzene rings is 1. The molecule has 0 fully saturated rings. The Kier molecular flexibility index (Phi) is 3.94. The first kappa shape index (κ1) is 14.7. The predicted octanol–water partition coefficient (Wildman–Crippen LogP) is 4.96. The summed E-state index contributed by atoms with van der Waals surface area (Å²) in [5.41, 5.74) is 2.04. The van der Waals surface area contributed by atoms with Crippen molar-refractivity contribution in [2.24, 2.45) is 0 Å². The molecule has 0 radical (unpaired) electrons. The van der Waals surface area contributed by atoms with Crippen LogP contribution < -0.4 is 4.74 Å². The van der Waals surface area contributed by atoms with E-state index < -0.39 is 0 Å². The number of nitrogens with zero attached hydrogens (tertiary/aromatic N) is 2. The van der Waals surface area contributed by atoms with Gasteiger partial charge in [-0.15, -0.1) is 11.3 Å². The Morgan fingerprint density at radius 3 is 2.41 bits per heavy atom. The molecular formula is C18H18N2OS. The van der Waals surface area contributed by atoms with Crippen molar-refractivity contribution in [2.75, 3.05) is 0 Å². The van der Waals surface area contributed by atoms with Gasteiger partial charge in [0.1, 0.15) is 5.75 Å². The van der Waals surface area contributed by atoms with Gasteiger partial charge in [-0.2, -0.15) is 0 Å². The SMILES string of the molecule is Cc1nc(C(C)(C)c2ccc(Oc3ccccc3)nc2)cs1. The van der Waals surface area contributed by atoms with Crippen molar-refractivity contribution in [2.45, 2.75) is 26.2 Å². The van der Waals surface area contributed by atoms with E-state index in [-0.39, 0.29) is 5.41 Å². The summed E-state index contributed by atoms with van der Waals surface area (Å²) < 4.78 is 5.73. The lowest BCUT2D eigenvalue weighted by molar-refractivity contribution is 0.461. The molecule has 3 nitrogen and oxygen atoms in total. The van der Waals surface area contributed by atoms with Crippen LogP contribution in [-0.4, -0.2) is 9.97 Å². The first-order chi connectivity index (χ1) is 10.6. The number of hydrogen-bond donors (Lipinski definition) is 0. The number of pyridine rings is 1. The quantitative estimate of drug-likeness (QED) is 0.683. The summed E-state index contributed by atoms with van der Waals surface area (Å²) in [5.74, 6) is 1.39. The highest BCUT2D eigenvalue weighted by molar-refractivity contribution is 7.09. The van der Waals surface area contributed by atoms with Crippen LogP contribution in [0.25, 0.3) is 0 Å². The van der Waals surface area contributed by atoms with Crippen LogP contribution in [0.3, 0.4) is 0 Å². The molecule has 0 aliphatic carbocycles. The molecule has 2 aromatic heterocycles. The van der Waals surface area contributed by atoms with Crippen LogP contribution >= 0.6 is 11.3 Å². The van der Waals surface area contributed by atoms with Crippen LogP contribution in [0.1, 0.15) is 30.1 Å². The largest absolute Gasteiger partial charge is 0.439 e. The van der Waals surface area contributed by atoms with Crippen molar-refractivity contribution in [3.63, 3.8) is 0 Å². The third-order valence-electron chi connectivity index (χ3n) is 3.68. The van der Waals surface area contributed by atoms with Crippen molar-refractivity contribution in [1.29, 1.82) is 0 Å². The minimum atomic E-state index is -0.164. The highest BCUT2D eigenvalue weighted by Gasteiger charge is 2.26. The third kappa shape index (κ3) is 3.02. The zero-order chi connectivity index (χ0) is 15.6. The van der Waals surface area contributed by atoms with Crippen LogP contribution in [0.15, 0.2) is 54.0 Å². The molecule has 0 amide bonds. The van der Waals surface area contributed by atoms with Gasteiger partial charge < -0.3 is 4.74 Å². The number of thiazole rings is 1. The Bertz CT molecular complexity index is 748. The lowest BCUT2D eigenvalue weighted by Crippen LogP contribution is -2.19. The first-order valence-electron chi connectivity index (χ1n) is 7.18. The maximum Gasteiger partial charge on any atom is 0.219 e. The van der Waals surface area contributed by atoms with Gasteiger partial charge in [0, 0.05) is 23.1 Å². The minimum Gasteiger partial charge on any atom is -0.439 e. The lowest BCUT2D eigenvalue weighted by atomic mass is 9.83. The Labute approximate surface area is 134 Å². The third-order valence-corrected chi connectivity index (χ3v) is 4.46. The standard InChI is InChI=1S/C18H18N2OS/c1-13-20-16(12-22-13)18(2,3)14-9-10-17(19-11-14)21-15-7-5-4-6-8-15/h4-12H,1-3H3. The van der Waals surface area contributed by atoms with E-state index in [1.54, 1.807) is 11.3 Å². The number of para-hydroxylation sites is 1. The first-order valence-corrected chi connectivity index (χ1v) is 8.06. The summed E-state index contributed by atoms with van der Waals surface area (Å²) in [6.45, 7) is 6.35. The highest BCUT2D eigenvalue weighted by Crippen LogP contribution is 2.32. The van der Waals surface area contributed by atoms with E-state index in [0.717, 1.165) is 22.0 Å². The molecule has 3 rings (SSSR count). The minimum absolute atomic E-state index is 0.164. The molecule has 0 aliphatic rings. The van der Waals surface area contributed by atoms with Crippen molar-refractivity contribution in [3.05, 3.63) is 70.3 Å². The van der Waals surface area contributed by atoms with Crippen molar-refractivity contribution >= 4 is 11.3 Å². The van der Waals surface area contributed by atoms with E-state index >= 15 is 0 Å². The van der Waals surface area contributed by atoms with Crippen LogP contribution in [-0.2, 0) is 5.41 Å². The number of rotatable bonds is 4. The van der Waals surface area contributed by atoms with Gasteiger partial charge in [0.05, 0.1) is 10.7 Å². The summed E-state index contributed by atoms with van der Waals surface area (Å²) in [6.07, 6.45) is 1.87. The fourth-order valence-electron chi connectivity index (χ4n) is 2.22. The summed E-state index contributed by atoms with van der Waals surface area (Å²) in [6, 6.07) is 13.6. The number of hydrogen-bond acceptors (Lipinski definition) is 4. The summed E-state index contributed by atoms with van der Waals surface area (Å²) >= 11 is 1.67. The van der Waals surface area contributed by atoms with E-state index in [9.17, 15) is 0 Å². The molecule has 0 bridgehead atoms. The van der Waals surface area contributed by atoms with Crippen molar-refractivity contribution in [3.8, 4) is 11.6 Å². The monoisotopic (exact) mass is 310 g/mol. The van der Waals surface area contributed by atoms with Gasteiger partial charge in [0.2, 0.25) is 5.88 Å². The average molecular weight is 310 g/mol. The van der Waals surface area contributed by atoms with Gasteiger partial charge in [-0.05, 0) is 24.6 Å².